The van der Waals surface area contributed by atoms with Crippen LogP contribution in [0.25, 0.3) is 0 Å². The molecule has 1 aliphatic rings. The maximum Gasteiger partial charge on any atom is 0.283 e. The SMILES string of the molecule is C[C@@H]1N=C(N)O[C@H]1c1ccccc1. The molecule has 0 aliphatic carbocycles. The summed E-state index contributed by atoms with van der Waals surface area (Å²) in [4.78, 5) is 4.12. The lowest BCUT2D eigenvalue weighted by atomic mass is 10.0. The van der Waals surface area contributed by atoms with E-state index in [0.29, 0.717) is 6.02 Å². The predicted molar refractivity (Wildman–Crippen MR) is 51.4 cm³/mol. The number of hydrogen-bond donors (Lipinski definition) is 1. The van der Waals surface area contributed by atoms with Gasteiger partial charge >= 0.3 is 0 Å². The molecule has 0 unspecified atom stereocenters. The molecule has 0 aromatic heterocycles. The van der Waals surface area contributed by atoms with Crippen LogP contribution in [0.2, 0.25) is 0 Å². The average molecular weight is 176 g/mol. The van der Waals surface area contributed by atoms with Crippen LogP contribution in [0.5, 0.6) is 0 Å². The quantitative estimate of drug-likeness (QED) is 0.704. The van der Waals surface area contributed by atoms with Gasteiger partial charge in [0.2, 0.25) is 0 Å². The van der Waals surface area contributed by atoms with Gasteiger partial charge in [0.05, 0.1) is 6.04 Å². The molecule has 0 amide bonds. The van der Waals surface area contributed by atoms with Gasteiger partial charge in [0.1, 0.15) is 6.10 Å². The zero-order chi connectivity index (χ0) is 9.26. The standard InChI is InChI=1S/C10H12N2O/c1-7-9(13-10(11)12-7)8-5-3-2-4-6-8/h2-7,9H,1H3,(H2,11,12)/t7-,9+/m0/s1. The highest BCUT2D eigenvalue weighted by molar-refractivity contribution is 5.73. The van der Waals surface area contributed by atoms with Crippen LogP contribution >= 0.6 is 0 Å². The van der Waals surface area contributed by atoms with E-state index in [1.165, 1.54) is 0 Å². The van der Waals surface area contributed by atoms with Gasteiger partial charge in [-0.3, -0.25) is 0 Å². The molecular weight excluding hydrogens is 164 g/mol. The molecule has 1 heterocycles. The summed E-state index contributed by atoms with van der Waals surface area (Å²) in [7, 11) is 0. The van der Waals surface area contributed by atoms with Crippen molar-refractivity contribution >= 4 is 6.02 Å². The van der Waals surface area contributed by atoms with Crippen molar-refractivity contribution in [3.05, 3.63) is 35.9 Å². The fourth-order valence-electron chi connectivity index (χ4n) is 1.52. The zero-order valence-corrected chi connectivity index (χ0v) is 7.47. The highest BCUT2D eigenvalue weighted by Crippen LogP contribution is 2.27. The molecule has 0 saturated heterocycles. The summed E-state index contributed by atoms with van der Waals surface area (Å²) in [6, 6.07) is 10.4. The van der Waals surface area contributed by atoms with Crippen molar-refractivity contribution in [3.63, 3.8) is 0 Å². The van der Waals surface area contributed by atoms with E-state index in [1.54, 1.807) is 0 Å². The topological polar surface area (TPSA) is 47.6 Å². The Labute approximate surface area is 77.2 Å². The lowest BCUT2D eigenvalue weighted by molar-refractivity contribution is 0.199. The van der Waals surface area contributed by atoms with Crippen molar-refractivity contribution in [2.24, 2.45) is 10.7 Å². The first-order chi connectivity index (χ1) is 6.27. The molecule has 13 heavy (non-hydrogen) atoms. The molecule has 2 atom stereocenters. The van der Waals surface area contributed by atoms with Crippen LogP contribution in [0.1, 0.15) is 18.6 Å². The van der Waals surface area contributed by atoms with Crippen LogP contribution in [0, 0.1) is 0 Å². The molecule has 3 heteroatoms. The minimum atomic E-state index is -0.0128. The Balaban J connectivity index is 2.21. The lowest BCUT2D eigenvalue weighted by Crippen LogP contribution is -2.14. The second-order valence-electron chi connectivity index (χ2n) is 3.16. The highest BCUT2D eigenvalue weighted by atomic mass is 16.5. The number of ether oxygens (including phenoxy) is 1. The van der Waals surface area contributed by atoms with E-state index in [0.717, 1.165) is 5.56 Å². The van der Waals surface area contributed by atoms with Crippen molar-refractivity contribution in [2.45, 2.75) is 19.1 Å². The van der Waals surface area contributed by atoms with Crippen molar-refractivity contribution in [1.29, 1.82) is 0 Å². The van der Waals surface area contributed by atoms with Crippen LogP contribution in [0.3, 0.4) is 0 Å². The number of aliphatic imine (C=N–C) groups is 1. The average Bonchev–Trinajstić information content (AvgIpc) is 2.47. The van der Waals surface area contributed by atoms with E-state index >= 15 is 0 Å². The van der Waals surface area contributed by atoms with E-state index < -0.39 is 0 Å². The normalized spacial score (nSPS) is 26.7. The number of rotatable bonds is 1. The molecule has 0 fully saturated rings. The Morgan fingerprint density at radius 3 is 2.54 bits per heavy atom. The molecule has 0 saturated carbocycles. The number of benzene rings is 1. The van der Waals surface area contributed by atoms with Crippen LogP contribution in [-0.4, -0.2) is 12.1 Å². The van der Waals surface area contributed by atoms with Gasteiger partial charge in [-0.05, 0) is 12.5 Å². The second-order valence-corrected chi connectivity index (χ2v) is 3.16. The van der Waals surface area contributed by atoms with Crippen molar-refractivity contribution in [2.75, 3.05) is 0 Å². The third kappa shape index (κ3) is 1.49. The summed E-state index contributed by atoms with van der Waals surface area (Å²) in [5, 5.41) is 0. The summed E-state index contributed by atoms with van der Waals surface area (Å²) in [5.41, 5.74) is 6.60. The van der Waals surface area contributed by atoms with E-state index in [4.69, 9.17) is 10.5 Å². The van der Waals surface area contributed by atoms with E-state index in [-0.39, 0.29) is 12.1 Å². The molecule has 0 radical (unpaired) electrons. The molecule has 0 bridgehead atoms. The van der Waals surface area contributed by atoms with Gasteiger partial charge in [-0.15, -0.1) is 0 Å². The van der Waals surface area contributed by atoms with Gasteiger partial charge in [0.15, 0.2) is 0 Å². The Hall–Kier alpha value is -1.51. The highest BCUT2D eigenvalue weighted by Gasteiger charge is 2.26. The summed E-state index contributed by atoms with van der Waals surface area (Å²) in [6.45, 7) is 2.00. The zero-order valence-electron chi connectivity index (χ0n) is 7.47. The van der Waals surface area contributed by atoms with Gasteiger partial charge in [0.25, 0.3) is 6.02 Å². The number of nitrogens with zero attached hydrogens (tertiary/aromatic N) is 1. The first-order valence-electron chi connectivity index (χ1n) is 4.32. The molecule has 0 spiro atoms. The summed E-state index contributed by atoms with van der Waals surface area (Å²) in [6.07, 6.45) is -0.0128. The maximum atomic E-state index is 5.48. The molecule has 1 aliphatic heterocycles. The molecule has 3 nitrogen and oxygen atoms in total. The summed E-state index contributed by atoms with van der Waals surface area (Å²) >= 11 is 0. The fraction of sp³-hybridized carbons (Fsp3) is 0.300. The van der Waals surface area contributed by atoms with E-state index in [1.807, 2.05) is 37.3 Å². The van der Waals surface area contributed by atoms with Crippen molar-refractivity contribution in [1.82, 2.24) is 0 Å². The second kappa shape index (κ2) is 3.09. The van der Waals surface area contributed by atoms with Gasteiger partial charge < -0.3 is 10.5 Å². The third-order valence-electron chi connectivity index (χ3n) is 2.14. The van der Waals surface area contributed by atoms with E-state index in [2.05, 4.69) is 4.99 Å². The minimum absolute atomic E-state index is 0.0128. The first-order valence-corrected chi connectivity index (χ1v) is 4.32. The largest absolute Gasteiger partial charge is 0.455 e. The third-order valence-corrected chi connectivity index (χ3v) is 2.14. The van der Waals surface area contributed by atoms with Crippen LogP contribution < -0.4 is 5.73 Å². The van der Waals surface area contributed by atoms with Gasteiger partial charge in [-0.25, -0.2) is 4.99 Å². The molecule has 68 valence electrons. The summed E-state index contributed by atoms with van der Waals surface area (Å²) < 4.78 is 5.39. The van der Waals surface area contributed by atoms with Gasteiger partial charge in [-0.2, -0.15) is 0 Å². The molecular formula is C10H12N2O. The first kappa shape index (κ1) is 8.10. The molecule has 1 aromatic carbocycles. The Bertz CT molecular complexity index is 321. The fourth-order valence-corrected chi connectivity index (χ4v) is 1.52. The minimum Gasteiger partial charge on any atom is -0.455 e. The van der Waals surface area contributed by atoms with Gasteiger partial charge in [-0.1, -0.05) is 30.3 Å². The van der Waals surface area contributed by atoms with E-state index in [9.17, 15) is 0 Å². The van der Waals surface area contributed by atoms with Crippen LogP contribution in [-0.2, 0) is 4.74 Å². The molecule has 1 aromatic rings. The monoisotopic (exact) mass is 176 g/mol. The maximum absolute atomic E-state index is 5.48. The van der Waals surface area contributed by atoms with Gasteiger partial charge in [0, 0.05) is 0 Å². The predicted octanol–water partition coefficient (Wildman–Crippen LogP) is 1.46. The van der Waals surface area contributed by atoms with Crippen molar-refractivity contribution < 1.29 is 4.74 Å². The van der Waals surface area contributed by atoms with Crippen LogP contribution in [0.4, 0.5) is 0 Å². The Kier molecular flexibility index (Phi) is 1.93. The smallest absolute Gasteiger partial charge is 0.283 e. The Morgan fingerprint density at radius 2 is 2.00 bits per heavy atom. The summed E-state index contributed by atoms with van der Waals surface area (Å²) in [5.74, 6) is 0. The number of amidine groups is 1. The molecule has 2 rings (SSSR count). The molecule has 2 N–H and O–H groups in total. The number of nitrogens with two attached hydrogens (primary N) is 1. The number of hydrogen-bond acceptors (Lipinski definition) is 3. The lowest BCUT2D eigenvalue weighted by Gasteiger charge is -2.13. The Morgan fingerprint density at radius 1 is 1.31 bits per heavy atom. The van der Waals surface area contributed by atoms with Crippen molar-refractivity contribution in [3.8, 4) is 0 Å². The van der Waals surface area contributed by atoms with Crippen LogP contribution in [0.15, 0.2) is 35.3 Å².